The van der Waals surface area contributed by atoms with E-state index >= 15 is 0 Å². The van der Waals surface area contributed by atoms with Gasteiger partial charge in [-0.15, -0.1) is 0 Å². The molecule has 1 atom stereocenters. The van der Waals surface area contributed by atoms with Crippen LogP contribution in [-0.2, 0) is 11.2 Å². The smallest absolute Gasteiger partial charge is 0.264 e. The van der Waals surface area contributed by atoms with Crippen molar-refractivity contribution in [2.45, 2.75) is 39.5 Å². The Morgan fingerprint density at radius 2 is 1.89 bits per heavy atom. The lowest BCUT2D eigenvalue weighted by atomic mass is 9.98. The highest BCUT2D eigenvalue weighted by Crippen LogP contribution is 2.29. The van der Waals surface area contributed by atoms with Crippen LogP contribution in [0.25, 0.3) is 22.6 Å². The van der Waals surface area contributed by atoms with Gasteiger partial charge < -0.3 is 14.5 Å². The van der Waals surface area contributed by atoms with Gasteiger partial charge in [0.2, 0.25) is 5.89 Å². The minimum absolute atomic E-state index is 0.130. The van der Waals surface area contributed by atoms with Gasteiger partial charge in [-0.3, -0.25) is 10.1 Å². The quantitative estimate of drug-likeness (QED) is 0.278. The zero-order valence-corrected chi connectivity index (χ0v) is 20.9. The SMILES string of the molecule is CCc1ccc(OCC(=O)NC(=S)Nc2cccc(-c3nc4cc([C@@H](C)CC)ccc4o3)c2)cc1. The monoisotopic (exact) mass is 487 g/mol. The normalized spacial score (nSPS) is 11.7. The predicted octanol–water partition coefficient (Wildman–Crippen LogP) is 6.46. The van der Waals surface area contributed by atoms with Crippen LogP contribution >= 0.6 is 12.2 Å². The molecule has 2 N–H and O–H groups in total. The molecule has 1 aromatic heterocycles. The Balaban J connectivity index is 1.36. The topological polar surface area (TPSA) is 76.4 Å². The summed E-state index contributed by atoms with van der Waals surface area (Å²) in [4.78, 5) is 16.9. The van der Waals surface area contributed by atoms with E-state index in [1.165, 1.54) is 11.1 Å². The van der Waals surface area contributed by atoms with Gasteiger partial charge in [-0.1, -0.05) is 45.0 Å². The van der Waals surface area contributed by atoms with Gasteiger partial charge in [-0.25, -0.2) is 4.98 Å². The van der Waals surface area contributed by atoms with Crippen LogP contribution in [-0.4, -0.2) is 22.6 Å². The van der Waals surface area contributed by atoms with Crippen LogP contribution in [0.4, 0.5) is 5.69 Å². The number of aromatic nitrogens is 1. The van der Waals surface area contributed by atoms with E-state index in [0.29, 0.717) is 23.2 Å². The zero-order valence-electron chi connectivity index (χ0n) is 20.1. The van der Waals surface area contributed by atoms with Gasteiger partial charge in [0.1, 0.15) is 11.3 Å². The van der Waals surface area contributed by atoms with Gasteiger partial charge in [0, 0.05) is 11.3 Å². The van der Waals surface area contributed by atoms with Crippen molar-refractivity contribution in [1.82, 2.24) is 10.3 Å². The second-order valence-electron chi connectivity index (χ2n) is 8.42. The van der Waals surface area contributed by atoms with Crippen molar-refractivity contribution in [1.29, 1.82) is 0 Å². The van der Waals surface area contributed by atoms with Crippen LogP contribution in [0.1, 0.15) is 44.2 Å². The molecule has 0 saturated carbocycles. The molecule has 6 nitrogen and oxygen atoms in total. The molecule has 7 heteroatoms. The van der Waals surface area contributed by atoms with Gasteiger partial charge in [0.15, 0.2) is 17.3 Å². The van der Waals surface area contributed by atoms with Crippen LogP contribution in [0.3, 0.4) is 0 Å². The molecular formula is C28H29N3O3S. The Bertz CT molecular complexity index is 1330. The highest BCUT2D eigenvalue weighted by atomic mass is 32.1. The lowest BCUT2D eigenvalue weighted by Gasteiger charge is -2.11. The summed E-state index contributed by atoms with van der Waals surface area (Å²) < 4.78 is 11.5. The number of rotatable bonds is 8. The number of aryl methyl sites for hydroxylation is 1. The maximum Gasteiger partial charge on any atom is 0.264 e. The first-order valence-electron chi connectivity index (χ1n) is 11.8. The van der Waals surface area contributed by atoms with Crippen LogP contribution in [0.15, 0.2) is 71.1 Å². The summed E-state index contributed by atoms with van der Waals surface area (Å²) in [6.07, 6.45) is 2.02. The third kappa shape index (κ3) is 6.25. The molecule has 0 bridgehead atoms. The molecule has 4 rings (SSSR count). The second kappa shape index (κ2) is 11.1. The molecule has 0 saturated heterocycles. The summed E-state index contributed by atoms with van der Waals surface area (Å²) in [5.74, 6) is 1.30. The number of oxazole rings is 1. The fourth-order valence-electron chi connectivity index (χ4n) is 3.64. The Morgan fingerprint density at radius 1 is 1.09 bits per heavy atom. The Kier molecular flexibility index (Phi) is 7.77. The molecule has 1 amide bonds. The molecule has 180 valence electrons. The molecule has 3 aromatic carbocycles. The third-order valence-electron chi connectivity index (χ3n) is 5.91. The summed E-state index contributed by atoms with van der Waals surface area (Å²) >= 11 is 5.30. The number of fused-ring (bicyclic) bond motifs is 1. The van der Waals surface area contributed by atoms with Crippen molar-refractivity contribution >= 4 is 40.0 Å². The maximum atomic E-state index is 12.2. The average Bonchev–Trinajstić information content (AvgIpc) is 3.31. The lowest BCUT2D eigenvalue weighted by molar-refractivity contribution is -0.121. The molecule has 0 aliphatic rings. The average molecular weight is 488 g/mol. The summed E-state index contributed by atoms with van der Waals surface area (Å²) in [5.41, 5.74) is 5.57. The van der Waals surface area contributed by atoms with Crippen LogP contribution in [0.2, 0.25) is 0 Å². The molecule has 4 aromatic rings. The summed E-state index contributed by atoms with van der Waals surface area (Å²) in [7, 11) is 0. The molecular weight excluding hydrogens is 458 g/mol. The van der Waals surface area contributed by atoms with Gasteiger partial charge in [-0.05, 0) is 84.6 Å². The number of nitrogens with zero attached hydrogens (tertiary/aromatic N) is 1. The molecule has 0 unspecified atom stereocenters. The molecule has 0 aliphatic heterocycles. The number of nitrogens with one attached hydrogen (secondary N) is 2. The zero-order chi connectivity index (χ0) is 24.8. The minimum Gasteiger partial charge on any atom is -0.484 e. The van der Waals surface area contributed by atoms with Gasteiger partial charge in [-0.2, -0.15) is 0 Å². The highest BCUT2D eigenvalue weighted by molar-refractivity contribution is 7.80. The number of carbonyl (C=O) groups excluding carboxylic acids is 1. The summed E-state index contributed by atoms with van der Waals surface area (Å²) in [6.45, 7) is 6.33. The number of benzene rings is 3. The van der Waals surface area contributed by atoms with E-state index in [1.807, 2.05) is 54.6 Å². The predicted molar refractivity (Wildman–Crippen MR) is 144 cm³/mol. The maximum absolute atomic E-state index is 12.2. The number of hydrogen-bond donors (Lipinski definition) is 2. The van der Waals surface area contributed by atoms with Crippen molar-refractivity contribution in [3.8, 4) is 17.2 Å². The number of thiocarbonyl (C=S) groups is 1. The van der Waals surface area contributed by atoms with E-state index in [9.17, 15) is 4.79 Å². The highest BCUT2D eigenvalue weighted by Gasteiger charge is 2.12. The standard InChI is InChI=1S/C28H29N3O3S/c1-4-18(3)20-11-14-25-24(16-20)30-27(34-25)21-7-6-8-22(15-21)29-28(35)31-26(32)17-33-23-12-9-19(5-2)10-13-23/h6-16,18H,4-5,17H2,1-3H3,(H2,29,31,32,35)/t18-/m0/s1. The van der Waals surface area contributed by atoms with Gasteiger partial charge >= 0.3 is 0 Å². The fourth-order valence-corrected chi connectivity index (χ4v) is 3.87. The van der Waals surface area contributed by atoms with Crippen molar-refractivity contribution in [3.63, 3.8) is 0 Å². The molecule has 0 aliphatic carbocycles. The summed E-state index contributed by atoms with van der Waals surface area (Å²) in [5, 5.41) is 5.87. The van der Waals surface area contributed by atoms with E-state index in [-0.39, 0.29) is 17.6 Å². The number of amides is 1. The fraction of sp³-hybridized carbons (Fsp3) is 0.250. The molecule has 0 radical (unpaired) electrons. The van der Waals surface area contributed by atoms with E-state index in [1.54, 1.807) is 0 Å². The van der Waals surface area contributed by atoms with E-state index in [4.69, 9.17) is 21.4 Å². The van der Waals surface area contributed by atoms with E-state index in [0.717, 1.165) is 29.5 Å². The Morgan fingerprint density at radius 3 is 2.63 bits per heavy atom. The Labute approximate surface area is 210 Å². The number of hydrogen-bond acceptors (Lipinski definition) is 5. The van der Waals surface area contributed by atoms with Crippen LogP contribution < -0.4 is 15.4 Å². The molecule has 0 spiro atoms. The lowest BCUT2D eigenvalue weighted by Crippen LogP contribution is -2.37. The molecule has 1 heterocycles. The first-order valence-corrected chi connectivity index (χ1v) is 12.2. The largest absolute Gasteiger partial charge is 0.484 e. The van der Waals surface area contributed by atoms with Gasteiger partial charge in [0.25, 0.3) is 5.91 Å². The first kappa shape index (κ1) is 24.4. The van der Waals surface area contributed by atoms with Crippen LogP contribution in [0, 0.1) is 0 Å². The van der Waals surface area contributed by atoms with Crippen molar-refractivity contribution < 1.29 is 13.9 Å². The minimum atomic E-state index is -0.339. The van der Waals surface area contributed by atoms with Crippen molar-refractivity contribution in [2.24, 2.45) is 0 Å². The van der Waals surface area contributed by atoms with Crippen molar-refractivity contribution in [3.05, 3.63) is 77.9 Å². The van der Waals surface area contributed by atoms with Gasteiger partial charge in [0.05, 0.1) is 0 Å². The molecule has 0 fully saturated rings. The van der Waals surface area contributed by atoms with Crippen LogP contribution in [0.5, 0.6) is 5.75 Å². The van der Waals surface area contributed by atoms with E-state index in [2.05, 4.69) is 48.5 Å². The number of anilines is 1. The van der Waals surface area contributed by atoms with Crippen molar-refractivity contribution in [2.75, 3.05) is 11.9 Å². The summed E-state index contributed by atoms with van der Waals surface area (Å²) in [6, 6.07) is 21.4. The molecule has 35 heavy (non-hydrogen) atoms. The first-order chi connectivity index (χ1) is 16.9. The number of carbonyl (C=O) groups is 1. The number of ether oxygens (including phenoxy) is 1. The third-order valence-corrected chi connectivity index (χ3v) is 6.12. The Hall–Kier alpha value is -3.71. The second-order valence-corrected chi connectivity index (χ2v) is 8.83. The van der Waals surface area contributed by atoms with E-state index < -0.39 is 0 Å².